The van der Waals surface area contributed by atoms with E-state index in [0.717, 1.165) is 87.5 Å². The lowest BCUT2D eigenvalue weighted by Gasteiger charge is -2.28. The molecule has 3 aromatic carbocycles. The van der Waals surface area contributed by atoms with Crippen molar-refractivity contribution in [1.29, 1.82) is 0 Å². The van der Waals surface area contributed by atoms with E-state index in [1.54, 1.807) is 18.3 Å². The zero-order valence-electron chi connectivity index (χ0n) is 41.4. The van der Waals surface area contributed by atoms with Crippen LogP contribution in [0, 0.1) is 0 Å². The van der Waals surface area contributed by atoms with Crippen molar-refractivity contribution in [2.24, 2.45) is 0 Å². The molecule has 4 saturated heterocycles. The molecule has 70 heavy (non-hydrogen) atoms. The molecule has 4 aliphatic heterocycles. The quantitative estimate of drug-likeness (QED) is 0.0551. The van der Waals surface area contributed by atoms with Crippen LogP contribution in [0.3, 0.4) is 0 Å². The third-order valence-corrected chi connectivity index (χ3v) is 13.7. The summed E-state index contributed by atoms with van der Waals surface area (Å²) < 4.78 is 0. The Morgan fingerprint density at radius 3 is 1.26 bits per heavy atom. The lowest BCUT2D eigenvalue weighted by atomic mass is 10.1. The number of piperidine rings is 4. The second kappa shape index (κ2) is 29.3. The van der Waals surface area contributed by atoms with Crippen LogP contribution in [-0.2, 0) is 0 Å². The second-order valence-electron chi connectivity index (χ2n) is 19.0. The molecule has 0 unspecified atom stereocenters. The van der Waals surface area contributed by atoms with E-state index in [-0.39, 0.29) is 17.7 Å². The van der Waals surface area contributed by atoms with Gasteiger partial charge in [-0.05, 0) is 201 Å². The normalized spacial score (nSPS) is 16.8. The summed E-state index contributed by atoms with van der Waals surface area (Å²) >= 11 is 0. The summed E-state index contributed by atoms with van der Waals surface area (Å²) in [5.74, 6) is 0.542. The number of anilines is 1. The van der Waals surface area contributed by atoms with Crippen LogP contribution in [0.1, 0.15) is 127 Å². The number of nitrogens with zero attached hydrogens (tertiary/aromatic N) is 8. The molecule has 376 valence electrons. The fraction of sp³-hybridized carbons (Fsp3) is 0.537. The number of carbonyl (C=O) groups is 3. The van der Waals surface area contributed by atoms with Crippen LogP contribution in [0.15, 0.2) is 85.1 Å². The van der Waals surface area contributed by atoms with Crippen LogP contribution in [0.2, 0.25) is 0 Å². The molecule has 4 aliphatic rings. The van der Waals surface area contributed by atoms with Gasteiger partial charge < -0.3 is 35.6 Å². The van der Waals surface area contributed by atoms with E-state index in [4.69, 9.17) is 0 Å². The summed E-state index contributed by atoms with van der Waals surface area (Å²) in [5, 5.41) is 29.7. The van der Waals surface area contributed by atoms with Crippen molar-refractivity contribution in [1.82, 2.24) is 61.5 Å². The standard InChI is InChI=1S/C20H31N3O.C18H24N4O.C16H22N6O/c24-20(21-12-7-15-22-13-3-1-4-14-22)18-8-10-19(11-9-18)23-16-5-2-6-17-23;23-18(19-10-4-14-22-12-2-1-3-13-22)16-7-5-15(6-8-16)17-9-11-20-21-17;23-16(17-9-4-12-22-10-2-1-3-11-22)14-7-5-13(6-8-14)15-18-20-21-19-15/h8-11H,1-7,12-17H2,(H,21,24);5-9,11H,1-4,10,12-14H2,(H,19,23)(H,20,21);5-8H,1-4,9-12H2,(H,17,23)(H,18,19,20,21). The molecule has 0 spiro atoms. The highest BCUT2D eigenvalue weighted by Crippen LogP contribution is 2.21. The number of carbonyl (C=O) groups excluding carboxylic acids is 3. The molecule has 16 nitrogen and oxygen atoms in total. The third-order valence-electron chi connectivity index (χ3n) is 13.7. The Balaban J connectivity index is 0.000000155. The summed E-state index contributed by atoms with van der Waals surface area (Å²) in [6, 6.07) is 24.8. The van der Waals surface area contributed by atoms with E-state index < -0.39 is 0 Å². The van der Waals surface area contributed by atoms with Crippen molar-refractivity contribution in [3.63, 3.8) is 0 Å². The van der Waals surface area contributed by atoms with Crippen LogP contribution in [0.5, 0.6) is 0 Å². The van der Waals surface area contributed by atoms with Crippen LogP contribution < -0.4 is 20.9 Å². The Labute approximate surface area is 415 Å². The van der Waals surface area contributed by atoms with Gasteiger partial charge in [-0.15, -0.1) is 10.2 Å². The van der Waals surface area contributed by atoms with Crippen LogP contribution in [0.25, 0.3) is 22.6 Å². The molecule has 3 amide bonds. The Bertz CT molecular complexity index is 2100. The number of amides is 3. The molecule has 0 atom stereocenters. The molecule has 9 rings (SSSR count). The first-order chi connectivity index (χ1) is 34.5. The number of aromatic nitrogens is 6. The molecular weight excluding hydrogens is 879 g/mol. The van der Waals surface area contributed by atoms with Crippen molar-refractivity contribution in [3.05, 3.63) is 102 Å². The molecule has 0 radical (unpaired) electrons. The summed E-state index contributed by atoms with van der Waals surface area (Å²) in [6.45, 7) is 15.0. The van der Waals surface area contributed by atoms with Gasteiger partial charge >= 0.3 is 0 Å². The fourth-order valence-corrected chi connectivity index (χ4v) is 9.62. The third kappa shape index (κ3) is 17.5. The van der Waals surface area contributed by atoms with E-state index in [1.807, 2.05) is 54.6 Å². The van der Waals surface area contributed by atoms with Crippen molar-refractivity contribution in [2.75, 3.05) is 96.5 Å². The Kier molecular flexibility index (Phi) is 21.7. The summed E-state index contributed by atoms with van der Waals surface area (Å²) in [5.41, 5.74) is 6.19. The van der Waals surface area contributed by atoms with Crippen LogP contribution >= 0.6 is 0 Å². The van der Waals surface area contributed by atoms with Gasteiger partial charge in [0.15, 0.2) is 0 Å². The number of tetrazole rings is 1. The van der Waals surface area contributed by atoms with Crippen LogP contribution in [0.4, 0.5) is 5.69 Å². The zero-order valence-corrected chi connectivity index (χ0v) is 41.4. The molecule has 5 aromatic rings. The van der Waals surface area contributed by atoms with Crippen molar-refractivity contribution < 1.29 is 14.4 Å². The van der Waals surface area contributed by atoms with Crippen molar-refractivity contribution >= 4 is 23.4 Å². The second-order valence-corrected chi connectivity index (χ2v) is 19.0. The van der Waals surface area contributed by atoms with E-state index in [0.29, 0.717) is 23.5 Å². The minimum Gasteiger partial charge on any atom is -0.372 e. The number of hydrogen-bond acceptors (Lipinski definition) is 11. The smallest absolute Gasteiger partial charge is 0.251 e. The lowest BCUT2D eigenvalue weighted by molar-refractivity contribution is 0.0943. The number of aromatic amines is 2. The predicted octanol–water partition coefficient (Wildman–Crippen LogP) is 7.44. The van der Waals surface area contributed by atoms with Gasteiger partial charge in [-0.3, -0.25) is 19.5 Å². The summed E-state index contributed by atoms with van der Waals surface area (Å²) in [4.78, 5) is 46.4. The molecule has 2 aromatic heterocycles. The van der Waals surface area contributed by atoms with E-state index >= 15 is 0 Å². The molecule has 4 fully saturated rings. The molecule has 16 heteroatoms. The molecule has 5 N–H and O–H groups in total. The molecule has 6 heterocycles. The molecule has 0 aliphatic carbocycles. The van der Waals surface area contributed by atoms with E-state index in [2.05, 4.69) is 78.5 Å². The van der Waals surface area contributed by atoms with Gasteiger partial charge in [0, 0.05) is 66.9 Å². The number of nitrogens with one attached hydrogen (secondary N) is 5. The van der Waals surface area contributed by atoms with Gasteiger partial charge in [-0.1, -0.05) is 43.5 Å². The first-order valence-electron chi connectivity index (χ1n) is 26.3. The maximum atomic E-state index is 12.2. The molecule has 0 bridgehead atoms. The van der Waals surface area contributed by atoms with E-state index in [1.165, 1.54) is 122 Å². The van der Waals surface area contributed by atoms with E-state index in [9.17, 15) is 14.4 Å². The highest BCUT2D eigenvalue weighted by molar-refractivity contribution is 5.95. The summed E-state index contributed by atoms with van der Waals surface area (Å²) in [7, 11) is 0. The molecular formula is C54H77N13O3. The van der Waals surface area contributed by atoms with Crippen molar-refractivity contribution in [3.8, 4) is 22.6 Å². The molecule has 0 saturated carbocycles. The minimum absolute atomic E-state index is 0.000181. The number of H-pyrrole nitrogens is 2. The fourth-order valence-electron chi connectivity index (χ4n) is 9.62. The zero-order chi connectivity index (χ0) is 48.4. The number of hydrogen-bond donors (Lipinski definition) is 5. The summed E-state index contributed by atoms with van der Waals surface area (Å²) in [6.07, 6.45) is 20.6. The topological polar surface area (TPSA) is 183 Å². The van der Waals surface area contributed by atoms with Crippen molar-refractivity contribution in [2.45, 2.75) is 96.3 Å². The Hall–Kier alpha value is -5.97. The van der Waals surface area contributed by atoms with Crippen LogP contribution in [-0.4, -0.2) is 155 Å². The Morgan fingerprint density at radius 1 is 0.471 bits per heavy atom. The number of rotatable bonds is 18. The average Bonchev–Trinajstić information content (AvgIpc) is 4.19. The van der Waals surface area contributed by atoms with Gasteiger partial charge in [-0.2, -0.15) is 10.3 Å². The highest BCUT2D eigenvalue weighted by Gasteiger charge is 2.15. The number of likely N-dealkylation sites (tertiary alicyclic amines) is 3. The maximum absolute atomic E-state index is 12.2. The van der Waals surface area contributed by atoms with Gasteiger partial charge in [0.2, 0.25) is 5.82 Å². The van der Waals surface area contributed by atoms with Gasteiger partial charge in [0.1, 0.15) is 0 Å². The Morgan fingerprint density at radius 2 is 0.871 bits per heavy atom. The predicted molar refractivity (Wildman–Crippen MR) is 278 cm³/mol. The lowest BCUT2D eigenvalue weighted by Crippen LogP contribution is -2.33. The van der Waals surface area contributed by atoms with Gasteiger partial charge in [0.05, 0.1) is 5.69 Å². The van der Waals surface area contributed by atoms with Gasteiger partial charge in [-0.25, -0.2) is 0 Å². The highest BCUT2D eigenvalue weighted by atomic mass is 16.2. The largest absolute Gasteiger partial charge is 0.372 e. The monoisotopic (exact) mass is 956 g/mol. The first-order valence-corrected chi connectivity index (χ1v) is 26.3. The average molecular weight is 956 g/mol. The van der Waals surface area contributed by atoms with Gasteiger partial charge in [0.25, 0.3) is 17.7 Å². The number of benzene rings is 3. The first kappa shape index (κ1) is 51.9. The SMILES string of the molecule is O=C(NCCCN1CCCCC1)c1ccc(-c2ccn[nH]2)cc1.O=C(NCCCN1CCCCC1)c1ccc(-c2nn[nH]n2)cc1.O=C(NCCCN1CCCCC1)c1ccc(N2CCCCC2)cc1. The minimum atomic E-state index is -0.0386. The maximum Gasteiger partial charge on any atom is 0.251 e.